The molecule has 0 bridgehead atoms. The molecule has 0 nitrogen and oxygen atoms in total. The molecule has 4 rings (SSSR count). The van der Waals surface area contributed by atoms with Gasteiger partial charge in [0.15, 0.2) is 0 Å². The van der Waals surface area contributed by atoms with E-state index in [0.29, 0.717) is 0 Å². The molecule has 0 aliphatic heterocycles. The molecule has 0 amide bonds. The molecule has 0 N–H and O–H groups in total. The Hall–Kier alpha value is -1.60. The van der Waals surface area contributed by atoms with Crippen LogP contribution in [0.1, 0.15) is 54.9 Å². The minimum absolute atomic E-state index is 0.763. The zero-order valence-electron chi connectivity index (χ0n) is 17.1. The first-order valence-electron chi connectivity index (χ1n) is 9.81. The van der Waals surface area contributed by atoms with E-state index in [-0.39, 0.29) is 0 Å². The molecule has 3 heteroatoms. The van der Waals surface area contributed by atoms with Crippen molar-refractivity contribution in [2.24, 2.45) is 0 Å². The number of halogens is 2. The van der Waals surface area contributed by atoms with E-state index < -0.39 is 28.2 Å². The van der Waals surface area contributed by atoms with E-state index in [4.69, 9.17) is 0 Å². The maximum atomic E-state index is 16.8. The molecule has 0 fully saturated rings. The van der Waals surface area contributed by atoms with Crippen molar-refractivity contribution in [3.63, 3.8) is 0 Å². The Labute approximate surface area is 172 Å². The average molecular weight is 456 g/mol. The van der Waals surface area contributed by atoms with E-state index in [2.05, 4.69) is 0 Å². The second-order valence-corrected chi connectivity index (χ2v) is 15.2. The van der Waals surface area contributed by atoms with Gasteiger partial charge in [0.25, 0.3) is 0 Å². The SMILES string of the molecule is CC1=C(C)[C](C)([Zr]([F])([F])[CH]2C(c3ccccc3)=Cc3ccccc32)C(C)=C1C. The van der Waals surface area contributed by atoms with Gasteiger partial charge in [-0.05, 0) is 0 Å². The van der Waals surface area contributed by atoms with Crippen LogP contribution in [0.2, 0.25) is 3.12 Å². The fraction of sp³-hybridized carbons (Fsp3) is 0.280. The predicted molar refractivity (Wildman–Crippen MR) is 111 cm³/mol. The third-order valence-corrected chi connectivity index (χ3v) is 15.7. The molecule has 28 heavy (non-hydrogen) atoms. The van der Waals surface area contributed by atoms with E-state index >= 15 is 5.25 Å². The molecule has 144 valence electrons. The van der Waals surface area contributed by atoms with Crippen molar-refractivity contribution >= 4 is 11.6 Å². The Morgan fingerprint density at radius 2 is 1.32 bits per heavy atom. The van der Waals surface area contributed by atoms with Crippen molar-refractivity contribution < 1.29 is 26.7 Å². The van der Waals surface area contributed by atoms with Gasteiger partial charge in [-0.15, -0.1) is 0 Å². The van der Waals surface area contributed by atoms with Crippen LogP contribution in [0.25, 0.3) is 11.6 Å². The van der Waals surface area contributed by atoms with Crippen molar-refractivity contribution in [1.82, 2.24) is 0 Å². The van der Waals surface area contributed by atoms with Crippen molar-refractivity contribution in [2.75, 3.05) is 0 Å². The van der Waals surface area contributed by atoms with Gasteiger partial charge in [-0.1, -0.05) is 0 Å². The average Bonchev–Trinajstić information content (AvgIpc) is 3.17. The van der Waals surface area contributed by atoms with Gasteiger partial charge in [0.2, 0.25) is 0 Å². The number of benzene rings is 2. The van der Waals surface area contributed by atoms with Gasteiger partial charge in [0, 0.05) is 0 Å². The summed E-state index contributed by atoms with van der Waals surface area (Å²) in [6.45, 7) is 9.66. The number of rotatable bonds is 3. The van der Waals surface area contributed by atoms with Gasteiger partial charge < -0.3 is 0 Å². The fourth-order valence-corrected chi connectivity index (χ4v) is 13.0. The Morgan fingerprint density at radius 3 is 1.93 bits per heavy atom. The molecule has 0 spiro atoms. The van der Waals surface area contributed by atoms with E-state index in [9.17, 15) is 0 Å². The van der Waals surface area contributed by atoms with Crippen LogP contribution in [0.3, 0.4) is 0 Å². The summed E-state index contributed by atoms with van der Waals surface area (Å²) < 4.78 is 31.7. The van der Waals surface area contributed by atoms with Crippen LogP contribution in [0.5, 0.6) is 0 Å². The van der Waals surface area contributed by atoms with Gasteiger partial charge in [0.1, 0.15) is 0 Å². The molecule has 1 unspecified atom stereocenters. The molecule has 0 radical (unpaired) electrons. The Bertz CT molecular complexity index is 1020. The summed E-state index contributed by atoms with van der Waals surface area (Å²) in [5, 5.41) is 0. The van der Waals surface area contributed by atoms with Crippen LogP contribution in [0, 0.1) is 0 Å². The number of allylic oxidation sites excluding steroid dienone is 5. The van der Waals surface area contributed by atoms with Crippen LogP contribution in [-0.2, 0) is 21.5 Å². The normalized spacial score (nSPS) is 21.2. The molecule has 1 atom stereocenters. The van der Waals surface area contributed by atoms with E-state index in [1.165, 1.54) is 0 Å². The van der Waals surface area contributed by atoms with Crippen LogP contribution in [-0.4, -0.2) is 0 Å². The number of hydrogen-bond donors (Lipinski definition) is 0. The summed E-state index contributed by atoms with van der Waals surface area (Å²) in [5.74, 6) is 0. The van der Waals surface area contributed by atoms with E-state index in [1.54, 1.807) is 0 Å². The van der Waals surface area contributed by atoms with Gasteiger partial charge in [-0.2, -0.15) is 0 Å². The maximum absolute atomic E-state index is 16.8. The Morgan fingerprint density at radius 1 is 0.786 bits per heavy atom. The molecule has 0 aromatic heterocycles. The van der Waals surface area contributed by atoms with Crippen LogP contribution in [0.15, 0.2) is 76.9 Å². The molecule has 0 saturated heterocycles. The fourth-order valence-electron chi connectivity index (χ4n) is 4.98. The predicted octanol–water partition coefficient (Wildman–Crippen LogP) is 8.07. The molecule has 2 aliphatic rings. The Balaban J connectivity index is 1.94. The topological polar surface area (TPSA) is 0 Å². The summed E-state index contributed by atoms with van der Waals surface area (Å²) in [6.07, 6.45) is 2.00. The second-order valence-electron chi connectivity index (χ2n) is 8.28. The molecular formula is C25H26F2Zr. The van der Waals surface area contributed by atoms with Gasteiger partial charge in [0.05, 0.1) is 0 Å². The molecule has 0 saturated carbocycles. The van der Waals surface area contributed by atoms with Gasteiger partial charge in [-0.3, -0.25) is 0 Å². The third kappa shape index (κ3) is 2.55. The quantitative estimate of drug-likeness (QED) is 0.439. The Kier molecular flexibility index (Phi) is 4.74. The summed E-state index contributed by atoms with van der Waals surface area (Å²) >= 11 is -5.82. The van der Waals surface area contributed by atoms with E-state index in [0.717, 1.165) is 44.6 Å². The van der Waals surface area contributed by atoms with Crippen molar-refractivity contribution in [3.05, 3.63) is 93.6 Å². The minimum atomic E-state index is -5.82. The van der Waals surface area contributed by atoms with Crippen LogP contribution < -0.4 is 0 Å². The first-order valence-corrected chi connectivity index (χ1v) is 14.3. The van der Waals surface area contributed by atoms with Crippen molar-refractivity contribution in [1.29, 1.82) is 0 Å². The zero-order chi connectivity index (χ0) is 20.3. The van der Waals surface area contributed by atoms with Crippen molar-refractivity contribution in [3.8, 4) is 0 Å². The molecule has 2 aliphatic carbocycles. The third-order valence-electron chi connectivity index (χ3n) is 7.25. The molecular weight excluding hydrogens is 429 g/mol. The first-order chi connectivity index (χ1) is 13.2. The second kappa shape index (κ2) is 6.73. The summed E-state index contributed by atoms with van der Waals surface area (Å²) in [4.78, 5) is 0. The number of hydrogen-bond acceptors (Lipinski definition) is 0. The molecule has 2 aromatic rings. The zero-order valence-corrected chi connectivity index (χ0v) is 19.6. The van der Waals surface area contributed by atoms with Crippen LogP contribution >= 0.6 is 0 Å². The van der Waals surface area contributed by atoms with Crippen molar-refractivity contribution in [2.45, 2.75) is 41.4 Å². The van der Waals surface area contributed by atoms with Gasteiger partial charge in [-0.25, -0.2) is 0 Å². The molecule has 0 heterocycles. The summed E-state index contributed by atoms with van der Waals surface area (Å²) in [6, 6.07) is 17.5. The van der Waals surface area contributed by atoms with Crippen LogP contribution in [0.4, 0.5) is 5.25 Å². The first kappa shape index (κ1) is 19.7. The monoisotopic (exact) mass is 454 g/mol. The summed E-state index contributed by atoms with van der Waals surface area (Å²) in [5.41, 5.74) is 7.32. The summed E-state index contributed by atoms with van der Waals surface area (Å²) in [7, 11) is 0. The van der Waals surface area contributed by atoms with E-state index in [1.807, 2.05) is 95.3 Å². The molecule has 2 aromatic carbocycles. The van der Waals surface area contributed by atoms with Gasteiger partial charge >= 0.3 is 173 Å². The number of fused-ring (bicyclic) bond motifs is 1. The standard InChI is InChI=1S/C15H11.C10H15.2FH.Zr/c1-2-6-12(7-3-1)15-10-13-8-4-5-9-14(13)11-15;1-6-7(2)9(4)10(5)8(6)3;;;/h1-11H;1-5H3;2*1H;/q;;;;+2/p-2.